The first-order valence-corrected chi connectivity index (χ1v) is 2.87. The second-order valence-electron chi connectivity index (χ2n) is 3.04. The smallest absolute Gasteiger partial charge is 0.0794 e. The van der Waals surface area contributed by atoms with E-state index in [2.05, 4.69) is 13.8 Å². The number of hydrogen-bond donors (Lipinski definition) is 0. The van der Waals surface area contributed by atoms with Gasteiger partial charge in [-0.2, -0.15) is 0 Å². The van der Waals surface area contributed by atoms with Crippen molar-refractivity contribution in [3.63, 3.8) is 0 Å². The highest BCUT2D eigenvalue weighted by Crippen LogP contribution is 2.21. The molecular formula is C7H13B. The monoisotopic (exact) mass is 108 g/mol. The molecule has 0 heterocycles. The van der Waals surface area contributed by atoms with Crippen LogP contribution in [0.15, 0.2) is 11.6 Å². The summed E-state index contributed by atoms with van der Waals surface area (Å²) >= 11 is 0. The van der Waals surface area contributed by atoms with Gasteiger partial charge in [0.25, 0.3) is 0 Å². The van der Waals surface area contributed by atoms with Crippen LogP contribution in [0, 0.1) is 0 Å². The van der Waals surface area contributed by atoms with Crippen LogP contribution in [0.5, 0.6) is 0 Å². The van der Waals surface area contributed by atoms with E-state index in [0.29, 0.717) is 0 Å². The molecule has 0 nitrogen and oxygen atoms in total. The van der Waals surface area contributed by atoms with Crippen LogP contribution in [-0.2, 0) is 0 Å². The highest BCUT2D eigenvalue weighted by molar-refractivity contribution is 6.16. The third-order valence-corrected chi connectivity index (χ3v) is 0.661. The Morgan fingerprint density at radius 2 is 1.75 bits per heavy atom. The van der Waals surface area contributed by atoms with Gasteiger partial charge in [0.05, 0.1) is 7.85 Å². The highest BCUT2D eigenvalue weighted by atomic mass is 14.0. The summed E-state index contributed by atoms with van der Waals surface area (Å²) in [5.74, 6) is 0. The van der Waals surface area contributed by atoms with Gasteiger partial charge in [-0.05, 0) is 13.8 Å². The Morgan fingerprint density at radius 3 is 1.75 bits per heavy atom. The molecule has 0 aliphatic heterocycles. The fraction of sp³-hybridized carbons (Fsp3) is 0.714. The van der Waals surface area contributed by atoms with Crippen LogP contribution >= 0.6 is 0 Å². The number of rotatable bonds is 1. The number of allylic oxidation sites excluding steroid dienone is 2. The van der Waals surface area contributed by atoms with Crippen molar-refractivity contribution in [2.45, 2.75) is 33.0 Å². The van der Waals surface area contributed by atoms with Crippen molar-refractivity contribution in [3.8, 4) is 0 Å². The summed E-state index contributed by atoms with van der Waals surface area (Å²) in [5, 5.41) is -0.140. The minimum Gasteiger partial charge on any atom is -0.0890 e. The molecule has 0 rings (SSSR count). The first-order valence-electron chi connectivity index (χ1n) is 2.87. The second-order valence-corrected chi connectivity index (χ2v) is 3.04. The Bertz CT molecular complexity index is 91.4. The summed E-state index contributed by atoms with van der Waals surface area (Å²) in [7, 11) is 5.66. The number of hydrogen-bond acceptors (Lipinski definition) is 0. The highest BCUT2D eigenvalue weighted by Gasteiger charge is 2.02. The predicted octanol–water partition coefficient (Wildman–Crippen LogP) is 2.32. The van der Waals surface area contributed by atoms with Gasteiger partial charge in [0.2, 0.25) is 0 Å². The zero-order valence-electron chi connectivity index (χ0n) is 6.15. The molecule has 2 radical (unpaired) electrons. The van der Waals surface area contributed by atoms with Gasteiger partial charge in [0.15, 0.2) is 0 Å². The molecule has 44 valence electrons. The molecule has 0 unspecified atom stereocenters. The van der Waals surface area contributed by atoms with Crippen LogP contribution < -0.4 is 0 Å². The van der Waals surface area contributed by atoms with Crippen LogP contribution in [0.25, 0.3) is 0 Å². The molecule has 0 fully saturated rings. The molecule has 0 saturated carbocycles. The van der Waals surface area contributed by atoms with Gasteiger partial charge in [-0.1, -0.05) is 30.8 Å². The van der Waals surface area contributed by atoms with Crippen LogP contribution in [0.3, 0.4) is 0 Å². The molecule has 0 aliphatic rings. The van der Waals surface area contributed by atoms with Crippen LogP contribution in [0.1, 0.15) is 27.7 Å². The van der Waals surface area contributed by atoms with Crippen molar-refractivity contribution in [1.29, 1.82) is 0 Å². The van der Waals surface area contributed by atoms with Gasteiger partial charge in [-0.15, -0.1) is 0 Å². The van der Waals surface area contributed by atoms with E-state index in [-0.39, 0.29) is 5.31 Å². The van der Waals surface area contributed by atoms with Crippen LogP contribution in [0.4, 0.5) is 0 Å². The maximum Gasteiger partial charge on any atom is 0.0794 e. The molecule has 0 aromatic heterocycles. The van der Waals surface area contributed by atoms with Crippen molar-refractivity contribution in [2.24, 2.45) is 0 Å². The van der Waals surface area contributed by atoms with Gasteiger partial charge in [0, 0.05) is 0 Å². The van der Waals surface area contributed by atoms with Crippen LogP contribution in [-0.4, -0.2) is 7.85 Å². The molecular weight excluding hydrogens is 94.9 g/mol. The lowest BCUT2D eigenvalue weighted by Gasteiger charge is -2.12. The van der Waals surface area contributed by atoms with E-state index in [4.69, 9.17) is 7.85 Å². The maximum atomic E-state index is 5.66. The molecule has 0 aromatic rings. The topological polar surface area (TPSA) is 0 Å². The maximum absolute atomic E-state index is 5.66. The average molecular weight is 108 g/mol. The van der Waals surface area contributed by atoms with E-state index in [1.54, 1.807) is 0 Å². The van der Waals surface area contributed by atoms with Gasteiger partial charge in [-0.3, -0.25) is 0 Å². The molecule has 0 aliphatic carbocycles. The minimum atomic E-state index is -0.140. The predicted molar refractivity (Wildman–Crippen MR) is 39.2 cm³/mol. The fourth-order valence-electron chi connectivity index (χ4n) is 0.744. The summed E-state index contributed by atoms with van der Waals surface area (Å²) in [4.78, 5) is 0. The van der Waals surface area contributed by atoms with Crippen molar-refractivity contribution in [1.82, 2.24) is 0 Å². The zero-order valence-corrected chi connectivity index (χ0v) is 6.15. The molecule has 1 heteroatoms. The van der Waals surface area contributed by atoms with E-state index in [9.17, 15) is 0 Å². The Balaban J connectivity index is 3.89. The molecule has 0 spiro atoms. The summed E-state index contributed by atoms with van der Waals surface area (Å²) in [5.41, 5.74) is 1.28. The van der Waals surface area contributed by atoms with Crippen molar-refractivity contribution in [3.05, 3.63) is 11.6 Å². The van der Waals surface area contributed by atoms with Gasteiger partial charge in [-0.25, -0.2) is 0 Å². The molecule has 0 bridgehead atoms. The van der Waals surface area contributed by atoms with Gasteiger partial charge in [0.1, 0.15) is 0 Å². The summed E-state index contributed by atoms with van der Waals surface area (Å²) in [6.07, 6.45) is 2.05. The molecule has 0 N–H and O–H groups in total. The van der Waals surface area contributed by atoms with E-state index in [1.807, 2.05) is 19.9 Å². The molecule has 0 saturated heterocycles. The van der Waals surface area contributed by atoms with E-state index in [0.717, 1.165) is 0 Å². The van der Waals surface area contributed by atoms with Crippen molar-refractivity contribution < 1.29 is 0 Å². The average Bonchev–Trinajstić information content (AvgIpc) is 1.21. The van der Waals surface area contributed by atoms with Crippen LogP contribution in [0.2, 0.25) is 5.31 Å². The lowest BCUT2D eigenvalue weighted by molar-refractivity contribution is 0.850. The lowest BCUT2D eigenvalue weighted by atomic mass is 9.72. The standard InChI is InChI=1S/C7H13B/c1-6(2)5-7(3,4)8/h5H,1-4H3. The SMILES string of the molecule is [B]C(C)(C)C=C(C)C. The quantitative estimate of drug-likeness (QED) is 0.357. The van der Waals surface area contributed by atoms with E-state index < -0.39 is 0 Å². The normalized spacial score (nSPS) is 11.0. The molecule has 8 heavy (non-hydrogen) atoms. The van der Waals surface area contributed by atoms with Gasteiger partial charge >= 0.3 is 0 Å². The van der Waals surface area contributed by atoms with Crippen molar-refractivity contribution in [2.75, 3.05) is 0 Å². The van der Waals surface area contributed by atoms with E-state index >= 15 is 0 Å². The first-order chi connectivity index (χ1) is 3.42. The Hall–Kier alpha value is -0.195. The fourth-order valence-corrected chi connectivity index (χ4v) is 0.744. The summed E-state index contributed by atoms with van der Waals surface area (Å²) < 4.78 is 0. The molecule has 0 aromatic carbocycles. The van der Waals surface area contributed by atoms with E-state index in [1.165, 1.54) is 5.57 Å². The first kappa shape index (κ1) is 7.80. The minimum absolute atomic E-state index is 0.140. The third-order valence-electron chi connectivity index (χ3n) is 0.661. The van der Waals surface area contributed by atoms with Crippen molar-refractivity contribution >= 4 is 7.85 Å². The van der Waals surface area contributed by atoms with Gasteiger partial charge < -0.3 is 0 Å². The molecule has 0 amide bonds. The Labute approximate surface area is 53.4 Å². The zero-order chi connectivity index (χ0) is 6.78. The second kappa shape index (κ2) is 2.39. The molecule has 0 atom stereocenters. The largest absolute Gasteiger partial charge is 0.0890 e. The lowest BCUT2D eigenvalue weighted by Crippen LogP contribution is -1.96. The summed E-state index contributed by atoms with van der Waals surface area (Å²) in [6.45, 7) is 8.07. The Kier molecular flexibility index (Phi) is 2.33. The summed E-state index contributed by atoms with van der Waals surface area (Å²) in [6, 6.07) is 0. The third kappa shape index (κ3) is 5.80. The Morgan fingerprint density at radius 1 is 1.38 bits per heavy atom.